The third-order valence-electron chi connectivity index (χ3n) is 5.27. The monoisotopic (exact) mass is 342 g/mol. The Morgan fingerprint density at radius 1 is 1.24 bits per heavy atom. The molecule has 0 saturated heterocycles. The zero-order valence-electron chi connectivity index (χ0n) is 13.5. The van der Waals surface area contributed by atoms with Crippen LogP contribution in [0.4, 0.5) is 5.69 Å². The molecule has 2 aliphatic rings. The van der Waals surface area contributed by atoms with Crippen molar-refractivity contribution in [1.82, 2.24) is 4.57 Å². The van der Waals surface area contributed by atoms with Gasteiger partial charge in [0.05, 0.1) is 11.0 Å². The van der Waals surface area contributed by atoms with E-state index in [4.69, 9.17) is 4.74 Å². The first-order valence-electron chi connectivity index (χ1n) is 8.34. The summed E-state index contributed by atoms with van der Waals surface area (Å²) in [6, 6.07) is 8.40. The minimum Gasteiger partial charge on any atom is -0.484 e. The summed E-state index contributed by atoms with van der Waals surface area (Å²) in [6.45, 7) is 0. The van der Waals surface area contributed by atoms with Gasteiger partial charge in [-0.25, -0.2) is 0 Å². The summed E-state index contributed by atoms with van der Waals surface area (Å²) >= 11 is 0. The van der Waals surface area contributed by atoms with Gasteiger partial charge in [-0.15, -0.1) is 0 Å². The number of aromatic nitrogens is 1. The van der Waals surface area contributed by atoms with Gasteiger partial charge in [0, 0.05) is 30.0 Å². The van der Waals surface area contributed by atoms with Gasteiger partial charge in [0.15, 0.2) is 0 Å². The minimum absolute atomic E-state index is 0.0918. The molecule has 1 aliphatic carbocycles. The molecule has 1 aliphatic heterocycles. The maximum Gasteiger partial charge on any atom is 0.270 e. The van der Waals surface area contributed by atoms with Crippen molar-refractivity contribution in [3.8, 4) is 5.75 Å². The number of fused-ring (bicyclic) bond motifs is 1. The molecular weight excluding hydrogens is 324 g/mol. The van der Waals surface area contributed by atoms with Gasteiger partial charge in [0.25, 0.3) is 11.2 Å². The van der Waals surface area contributed by atoms with Gasteiger partial charge < -0.3 is 14.4 Å². The standard InChI is InChI=1S/C18H18N2O5/c21-15-5-1-4-10-19(15)16-13-11-12(20(23)24)6-7-14(13)25-18(17(16)22)8-2-3-9-18/h1,4-7,10-11,16-17,22H,2-3,8-9H2/t16-,17+/m1/s1. The topological polar surface area (TPSA) is 94.6 Å². The fourth-order valence-corrected chi connectivity index (χ4v) is 4.05. The van der Waals surface area contributed by atoms with Crippen molar-refractivity contribution < 1.29 is 14.8 Å². The van der Waals surface area contributed by atoms with Crippen molar-refractivity contribution in [2.75, 3.05) is 0 Å². The first-order valence-corrected chi connectivity index (χ1v) is 8.34. The number of pyridine rings is 1. The lowest BCUT2D eigenvalue weighted by atomic mass is 9.82. The van der Waals surface area contributed by atoms with Crippen molar-refractivity contribution in [3.05, 3.63) is 68.6 Å². The molecule has 130 valence electrons. The van der Waals surface area contributed by atoms with Crippen LogP contribution < -0.4 is 10.3 Å². The highest BCUT2D eigenvalue weighted by atomic mass is 16.6. The molecule has 0 bridgehead atoms. The summed E-state index contributed by atoms with van der Waals surface area (Å²) < 4.78 is 7.57. The maximum absolute atomic E-state index is 12.4. The van der Waals surface area contributed by atoms with Crippen molar-refractivity contribution >= 4 is 5.69 Å². The Balaban J connectivity index is 1.93. The number of aliphatic hydroxyl groups excluding tert-OH is 1. The van der Waals surface area contributed by atoms with Gasteiger partial charge in [-0.3, -0.25) is 14.9 Å². The predicted molar refractivity (Wildman–Crippen MR) is 89.8 cm³/mol. The van der Waals surface area contributed by atoms with Crippen LogP contribution in [0.1, 0.15) is 37.3 Å². The Bertz CT molecular complexity index is 885. The van der Waals surface area contributed by atoms with Crippen LogP contribution in [0.15, 0.2) is 47.4 Å². The molecule has 1 N–H and O–H groups in total. The SMILES string of the molecule is O=c1ccccn1[C@@H]1c2cc([N+](=O)[O-])ccc2OC2(CCCC2)[C@H]1O. The molecule has 7 heteroatoms. The lowest BCUT2D eigenvalue weighted by molar-refractivity contribution is -0.385. The van der Waals surface area contributed by atoms with E-state index in [-0.39, 0.29) is 11.2 Å². The molecule has 0 radical (unpaired) electrons. The van der Waals surface area contributed by atoms with Crippen LogP contribution >= 0.6 is 0 Å². The Labute approximate surface area is 143 Å². The molecule has 0 amide bonds. The fraction of sp³-hybridized carbons (Fsp3) is 0.389. The summed E-state index contributed by atoms with van der Waals surface area (Å²) in [4.78, 5) is 23.0. The fourth-order valence-electron chi connectivity index (χ4n) is 4.05. The first-order chi connectivity index (χ1) is 12.0. The quantitative estimate of drug-likeness (QED) is 0.668. The summed E-state index contributed by atoms with van der Waals surface area (Å²) in [5.74, 6) is 0.499. The van der Waals surface area contributed by atoms with Gasteiger partial charge in [-0.1, -0.05) is 6.07 Å². The number of non-ortho nitro benzene ring substituents is 1. The van der Waals surface area contributed by atoms with Crippen molar-refractivity contribution in [3.63, 3.8) is 0 Å². The van der Waals surface area contributed by atoms with E-state index in [9.17, 15) is 20.0 Å². The average Bonchev–Trinajstić information content (AvgIpc) is 3.06. The molecule has 0 unspecified atom stereocenters. The molecule has 4 rings (SSSR count). The molecule has 2 aromatic rings. The van der Waals surface area contributed by atoms with Gasteiger partial charge in [-0.2, -0.15) is 0 Å². The number of nitro groups is 1. The van der Waals surface area contributed by atoms with Crippen LogP contribution in [0.5, 0.6) is 5.75 Å². The molecule has 1 aromatic carbocycles. The number of hydrogen-bond donors (Lipinski definition) is 1. The summed E-state index contributed by atoms with van der Waals surface area (Å²) in [6.07, 6.45) is 3.92. The highest BCUT2D eigenvalue weighted by molar-refractivity contribution is 5.48. The number of aliphatic hydroxyl groups is 1. The number of ether oxygens (including phenoxy) is 1. The van der Waals surface area contributed by atoms with Gasteiger partial charge in [-0.05, 0) is 37.8 Å². The Morgan fingerprint density at radius 3 is 2.68 bits per heavy atom. The second-order valence-corrected chi connectivity index (χ2v) is 6.69. The van der Waals surface area contributed by atoms with E-state index in [0.29, 0.717) is 24.2 Å². The minimum atomic E-state index is -0.954. The van der Waals surface area contributed by atoms with Crippen LogP contribution in [0, 0.1) is 10.1 Å². The smallest absolute Gasteiger partial charge is 0.270 e. The molecule has 25 heavy (non-hydrogen) atoms. The summed E-state index contributed by atoms with van der Waals surface area (Å²) in [7, 11) is 0. The van der Waals surface area contributed by atoms with Gasteiger partial charge in [0.2, 0.25) is 0 Å². The Kier molecular flexibility index (Phi) is 3.61. The largest absolute Gasteiger partial charge is 0.484 e. The molecule has 1 saturated carbocycles. The lowest BCUT2D eigenvalue weighted by Gasteiger charge is -2.44. The number of hydrogen-bond acceptors (Lipinski definition) is 5. The Hall–Kier alpha value is -2.67. The predicted octanol–water partition coefficient (Wildman–Crippen LogP) is 2.41. The number of nitrogens with zero attached hydrogens (tertiary/aromatic N) is 2. The van der Waals surface area contributed by atoms with Gasteiger partial charge >= 0.3 is 0 Å². The Morgan fingerprint density at radius 2 is 2.00 bits per heavy atom. The lowest BCUT2D eigenvalue weighted by Crippen LogP contribution is -2.54. The second kappa shape index (κ2) is 5.70. The molecule has 2 heterocycles. The molecule has 2 atom stereocenters. The van der Waals surface area contributed by atoms with Crippen molar-refractivity contribution in [2.24, 2.45) is 0 Å². The van der Waals surface area contributed by atoms with E-state index in [1.807, 2.05) is 0 Å². The number of benzene rings is 1. The molecular formula is C18H18N2O5. The summed E-state index contributed by atoms with van der Waals surface area (Å²) in [5.41, 5.74) is -0.638. The van der Waals surface area contributed by atoms with E-state index in [1.165, 1.54) is 22.8 Å². The van der Waals surface area contributed by atoms with E-state index in [0.717, 1.165) is 12.8 Å². The van der Waals surface area contributed by atoms with E-state index in [2.05, 4.69) is 0 Å². The van der Waals surface area contributed by atoms with Gasteiger partial charge in [0.1, 0.15) is 17.5 Å². The van der Waals surface area contributed by atoms with Crippen molar-refractivity contribution in [1.29, 1.82) is 0 Å². The van der Waals surface area contributed by atoms with Crippen molar-refractivity contribution in [2.45, 2.75) is 43.4 Å². The molecule has 1 spiro atoms. The van der Waals surface area contributed by atoms with Crippen LogP contribution in [-0.4, -0.2) is 26.3 Å². The van der Waals surface area contributed by atoms with Crippen LogP contribution in [0.2, 0.25) is 0 Å². The van der Waals surface area contributed by atoms with Crippen LogP contribution in [0.25, 0.3) is 0 Å². The second-order valence-electron chi connectivity index (χ2n) is 6.69. The third-order valence-corrected chi connectivity index (χ3v) is 5.27. The molecule has 1 aromatic heterocycles. The highest BCUT2D eigenvalue weighted by Crippen LogP contribution is 2.49. The molecule has 7 nitrogen and oxygen atoms in total. The first kappa shape index (κ1) is 15.8. The van der Waals surface area contributed by atoms with Crippen LogP contribution in [0.3, 0.4) is 0 Å². The average molecular weight is 342 g/mol. The zero-order valence-corrected chi connectivity index (χ0v) is 13.5. The molecule has 1 fully saturated rings. The van der Waals surface area contributed by atoms with E-state index < -0.39 is 22.7 Å². The van der Waals surface area contributed by atoms with Crippen LogP contribution in [-0.2, 0) is 0 Å². The zero-order chi connectivity index (χ0) is 17.6. The maximum atomic E-state index is 12.4. The number of nitro benzene ring substituents is 1. The number of rotatable bonds is 2. The van der Waals surface area contributed by atoms with E-state index >= 15 is 0 Å². The normalized spacial score (nSPS) is 23.9. The summed E-state index contributed by atoms with van der Waals surface area (Å²) in [5, 5.41) is 22.3. The third kappa shape index (κ3) is 2.42. The highest BCUT2D eigenvalue weighted by Gasteiger charge is 2.51. The van der Waals surface area contributed by atoms with E-state index in [1.54, 1.807) is 24.4 Å².